The normalized spacial score (nSPS) is 15.4. The van der Waals surface area contributed by atoms with Gasteiger partial charge in [0.25, 0.3) is 0 Å². The minimum atomic E-state index is -0.296. The van der Waals surface area contributed by atoms with Crippen molar-refractivity contribution in [2.45, 2.75) is 47.0 Å². The van der Waals surface area contributed by atoms with Crippen LogP contribution in [0.3, 0.4) is 0 Å². The molecule has 0 bridgehead atoms. The van der Waals surface area contributed by atoms with Gasteiger partial charge in [-0.05, 0) is 33.6 Å². The topological polar surface area (TPSA) is 17.1 Å². The van der Waals surface area contributed by atoms with Crippen molar-refractivity contribution < 1.29 is 4.79 Å². The van der Waals surface area contributed by atoms with E-state index < -0.39 is 0 Å². The highest BCUT2D eigenvalue weighted by atomic mass is 16.1. The van der Waals surface area contributed by atoms with E-state index >= 15 is 0 Å². The molecule has 0 fully saturated rings. The number of hydrogen-bond donors (Lipinski definition) is 0. The fraction of sp³-hybridized carbons (Fsp3) is 0.615. The molecule has 1 atom stereocenters. The van der Waals surface area contributed by atoms with E-state index in [1.165, 1.54) is 0 Å². The third kappa shape index (κ3) is 3.49. The van der Waals surface area contributed by atoms with Crippen LogP contribution in [-0.2, 0) is 4.79 Å². The highest BCUT2D eigenvalue weighted by Crippen LogP contribution is 2.34. The predicted molar refractivity (Wildman–Crippen MR) is 62.3 cm³/mol. The maximum atomic E-state index is 11.7. The Morgan fingerprint density at radius 2 is 2.00 bits per heavy atom. The summed E-state index contributed by atoms with van der Waals surface area (Å²) in [5.41, 5.74) is 0.779. The fourth-order valence-corrected chi connectivity index (χ4v) is 1.95. The Labute approximate surface area is 87.9 Å². The molecule has 1 nitrogen and oxygen atoms in total. The van der Waals surface area contributed by atoms with Gasteiger partial charge in [0.1, 0.15) is 5.78 Å². The quantitative estimate of drug-likeness (QED) is 0.586. The van der Waals surface area contributed by atoms with Gasteiger partial charge in [0.05, 0.1) is 5.41 Å². The van der Waals surface area contributed by atoms with Gasteiger partial charge in [-0.15, -0.1) is 6.58 Å². The van der Waals surface area contributed by atoms with Crippen molar-refractivity contribution >= 4 is 5.78 Å². The van der Waals surface area contributed by atoms with Crippen molar-refractivity contribution in [3.8, 4) is 0 Å². The Balaban J connectivity index is 4.92. The summed E-state index contributed by atoms with van der Waals surface area (Å²) in [7, 11) is 0. The molecule has 80 valence electrons. The maximum Gasteiger partial charge on any atom is 0.140 e. The summed E-state index contributed by atoms with van der Waals surface area (Å²) in [6.07, 6.45) is 6.73. The number of rotatable bonds is 6. The van der Waals surface area contributed by atoms with Gasteiger partial charge in [-0.3, -0.25) is 4.79 Å². The number of hydrogen-bond acceptors (Lipinski definition) is 1. The molecule has 0 rings (SSSR count). The van der Waals surface area contributed by atoms with Crippen molar-refractivity contribution in [2.75, 3.05) is 0 Å². The summed E-state index contributed by atoms with van der Waals surface area (Å²) in [4.78, 5) is 11.7. The molecular formula is C13H22O. The van der Waals surface area contributed by atoms with Gasteiger partial charge < -0.3 is 0 Å². The molecule has 0 amide bonds. The number of carbonyl (C=O) groups excluding carboxylic acids is 1. The zero-order valence-corrected chi connectivity index (χ0v) is 9.89. The minimum Gasteiger partial charge on any atom is -0.299 e. The molecule has 0 aromatic carbocycles. The summed E-state index contributed by atoms with van der Waals surface area (Å²) in [5, 5.41) is 0. The van der Waals surface area contributed by atoms with Gasteiger partial charge in [-0.1, -0.05) is 31.1 Å². The summed E-state index contributed by atoms with van der Waals surface area (Å²) >= 11 is 0. The molecule has 0 spiro atoms. The van der Waals surface area contributed by atoms with E-state index in [9.17, 15) is 4.79 Å². The first-order chi connectivity index (χ1) is 6.48. The van der Waals surface area contributed by atoms with E-state index in [2.05, 4.69) is 13.5 Å². The van der Waals surface area contributed by atoms with Gasteiger partial charge in [-0.25, -0.2) is 0 Å². The van der Waals surface area contributed by atoms with Crippen molar-refractivity contribution in [3.63, 3.8) is 0 Å². The number of carbonyl (C=O) groups is 1. The van der Waals surface area contributed by atoms with Gasteiger partial charge in [0.2, 0.25) is 0 Å². The lowest BCUT2D eigenvalue weighted by atomic mass is 9.75. The average Bonchev–Trinajstić information content (AvgIpc) is 2.03. The van der Waals surface area contributed by atoms with Gasteiger partial charge >= 0.3 is 0 Å². The Morgan fingerprint density at radius 1 is 1.43 bits per heavy atom. The first-order valence-electron chi connectivity index (χ1n) is 5.27. The van der Waals surface area contributed by atoms with Crippen molar-refractivity contribution in [2.24, 2.45) is 5.41 Å². The van der Waals surface area contributed by atoms with E-state index in [-0.39, 0.29) is 11.2 Å². The van der Waals surface area contributed by atoms with Crippen LogP contribution in [0.4, 0.5) is 0 Å². The lowest BCUT2D eigenvalue weighted by Gasteiger charge is -2.27. The summed E-state index contributed by atoms with van der Waals surface area (Å²) in [6, 6.07) is 0. The third-order valence-electron chi connectivity index (χ3n) is 2.50. The lowest BCUT2D eigenvalue weighted by molar-refractivity contribution is -0.124. The smallest absolute Gasteiger partial charge is 0.140 e. The van der Waals surface area contributed by atoms with Gasteiger partial charge in [-0.2, -0.15) is 0 Å². The van der Waals surface area contributed by atoms with E-state index in [1.807, 2.05) is 26.0 Å². The SMILES string of the molecule is C=C(C)CC(C=CC)(CCC)C(C)=O. The molecule has 1 unspecified atom stereocenters. The first kappa shape index (κ1) is 13.2. The van der Waals surface area contributed by atoms with Crippen LogP contribution in [0.25, 0.3) is 0 Å². The molecule has 0 saturated carbocycles. The average molecular weight is 194 g/mol. The van der Waals surface area contributed by atoms with Crippen molar-refractivity contribution in [1.82, 2.24) is 0 Å². The number of ketones is 1. The largest absolute Gasteiger partial charge is 0.299 e. The highest BCUT2D eigenvalue weighted by molar-refractivity contribution is 5.84. The molecule has 0 aliphatic rings. The third-order valence-corrected chi connectivity index (χ3v) is 2.50. The van der Waals surface area contributed by atoms with Crippen LogP contribution >= 0.6 is 0 Å². The monoisotopic (exact) mass is 194 g/mol. The molecule has 0 aliphatic carbocycles. The summed E-state index contributed by atoms with van der Waals surface area (Å²) in [6.45, 7) is 11.6. The zero-order chi connectivity index (χ0) is 11.2. The Hall–Kier alpha value is -0.850. The fourth-order valence-electron chi connectivity index (χ4n) is 1.95. The lowest BCUT2D eigenvalue weighted by Crippen LogP contribution is -2.27. The molecule has 0 aliphatic heterocycles. The molecule has 14 heavy (non-hydrogen) atoms. The van der Waals surface area contributed by atoms with Gasteiger partial charge in [0, 0.05) is 0 Å². The van der Waals surface area contributed by atoms with Crippen LogP contribution < -0.4 is 0 Å². The second kappa shape index (κ2) is 5.79. The minimum absolute atomic E-state index is 0.250. The Kier molecular flexibility index (Phi) is 5.44. The zero-order valence-electron chi connectivity index (χ0n) is 9.89. The van der Waals surface area contributed by atoms with Gasteiger partial charge in [0.15, 0.2) is 0 Å². The van der Waals surface area contributed by atoms with Crippen LogP contribution in [0.1, 0.15) is 47.0 Å². The maximum absolute atomic E-state index is 11.7. The molecule has 0 N–H and O–H groups in total. The Morgan fingerprint density at radius 3 is 2.29 bits per heavy atom. The van der Waals surface area contributed by atoms with Crippen LogP contribution in [0.2, 0.25) is 0 Å². The summed E-state index contributed by atoms with van der Waals surface area (Å²) in [5.74, 6) is 0.250. The van der Waals surface area contributed by atoms with Crippen LogP contribution in [0.15, 0.2) is 24.3 Å². The van der Waals surface area contributed by atoms with Crippen LogP contribution in [0.5, 0.6) is 0 Å². The molecule has 0 heterocycles. The number of Topliss-reactive ketones (excluding diaryl/α,β-unsaturated/α-hetero) is 1. The second-order valence-corrected chi connectivity index (χ2v) is 4.10. The van der Waals surface area contributed by atoms with E-state index in [0.29, 0.717) is 0 Å². The standard InChI is InChI=1S/C13H22O/c1-6-8-13(9-7-2,12(5)14)10-11(3)4/h6,8H,3,7,9-10H2,1-2,4-5H3. The van der Waals surface area contributed by atoms with Crippen molar-refractivity contribution in [1.29, 1.82) is 0 Å². The second-order valence-electron chi connectivity index (χ2n) is 4.10. The van der Waals surface area contributed by atoms with Crippen LogP contribution in [0, 0.1) is 5.41 Å². The molecule has 0 aromatic heterocycles. The van der Waals surface area contributed by atoms with E-state index in [4.69, 9.17) is 0 Å². The first-order valence-corrected chi connectivity index (χ1v) is 5.27. The van der Waals surface area contributed by atoms with E-state index in [0.717, 1.165) is 24.8 Å². The highest BCUT2D eigenvalue weighted by Gasteiger charge is 2.30. The molecule has 0 aromatic rings. The van der Waals surface area contributed by atoms with E-state index in [1.54, 1.807) is 6.92 Å². The Bertz CT molecular complexity index is 238. The number of allylic oxidation sites excluding steroid dienone is 3. The molecular weight excluding hydrogens is 172 g/mol. The molecule has 0 radical (unpaired) electrons. The van der Waals surface area contributed by atoms with Crippen molar-refractivity contribution in [3.05, 3.63) is 24.3 Å². The molecule has 1 heteroatoms. The predicted octanol–water partition coefficient (Wildman–Crippen LogP) is 3.90. The molecule has 0 saturated heterocycles. The van der Waals surface area contributed by atoms with Crippen LogP contribution in [-0.4, -0.2) is 5.78 Å². The summed E-state index contributed by atoms with van der Waals surface area (Å²) < 4.78 is 0.